The smallest absolute Gasteiger partial charge is 0.321 e. The highest BCUT2D eigenvalue weighted by Crippen LogP contribution is 2.11. The third-order valence-electron chi connectivity index (χ3n) is 2.79. The first-order valence-corrected chi connectivity index (χ1v) is 5.71. The SMILES string of the molecule is CC(=O)c1ccc(NC(=O)N(C)C(C)CO)cc1. The summed E-state index contributed by atoms with van der Waals surface area (Å²) in [5.41, 5.74) is 1.21. The van der Waals surface area contributed by atoms with E-state index in [0.717, 1.165) is 0 Å². The van der Waals surface area contributed by atoms with E-state index < -0.39 is 0 Å². The zero-order valence-corrected chi connectivity index (χ0v) is 10.8. The molecule has 0 aliphatic carbocycles. The first-order chi connectivity index (χ1) is 8.45. The third kappa shape index (κ3) is 3.56. The summed E-state index contributed by atoms with van der Waals surface area (Å²) in [6.45, 7) is 3.15. The Labute approximate surface area is 106 Å². The van der Waals surface area contributed by atoms with Crippen molar-refractivity contribution in [3.63, 3.8) is 0 Å². The summed E-state index contributed by atoms with van der Waals surface area (Å²) >= 11 is 0. The number of carbonyl (C=O) groups is 2. The molecule has 5 nitrogen and oxygen atoms in total. The Balaban J connectivity index is 2.67. The number of anilines is 1. The normalized spacial score (nSPS) is 11.8. The average molecular weight is 250 g/mol. The van der Waals surface area contributed by atoms with E-state index in [1.165, 1.54) is 11.8 Å². The fraction of sp³-hybridized carbons (Fsp3) is 0.385. The summed E-state index contributed by atoms with van der Waals surface area (Å²) in [5, 5.41) is 11.6. The second-order valence-corrected chi connectivity index (χ2v) is 4.21. The Morgan fingerprint density at radius 1 is 1.33 bits per heavy atom. The molecule has 0 saturated carbocycles. The highest BCUT2D eigenvalue weighted by atomic mass is 16.3. The number of likely N-dealkylation sites (N-methyl/N-ethyl adjacent to an activating group) is 1. The topological polar surface area (TPSA) is 69.6 Å². The van der Waals surface area contributed by atoms with Crippen molar-refractivity contribution in [1.82, 2.24) is 4.90 Å². The molecule has 0 aliphatic rings. The van der Waals surface area contributed by atoms with Gasteiger partial charge in [-0.2, -0.15) is 0 Å². The van der Waals surface area contributed by atoms with Gasteiger partial charge in [0.1, 0.15) is 0 Å². The Kier molecular flexibility index (Phi) is 4.85. The van der Waals surface area contributed by atoms with Crippen molar-refractivity contribution in [3.8, 4) is 0 Å². The van der Waals surface area contributed by atoms with Crippen molar-refractivity contribution in [2.45, 2.75) is 19.9 Å². The molecule has 1 aromatic carbocycles. The number of urea groups is 1. The standard InChI is InChI=1S/C13H18N2O3/c1-9(8-16)15(3)13(18)14-12-6-4-11(5-7-12)10(2)17/h4-7,9,16H,8H2,1-3H3,(H,14,18). The second-order valence-electron chi connectivity index (χ2n) is 4.21. The van der Waals surface area contributed by atoms with Gasteiger partial charge >= 0.3 is 6.03 Å². The summed E-state index contributed by atoms with van der Waals surface area (Å²) in [4.78, 5) is 24.3. The zero-order chi connectivity index (χ0) is 13.7. The molecule has 0 saturated heterocycles. The van der Waals surface area contributed by atoms with Gasteiger partial charge in [-0.1, -0.05) is 0 Å². The van der Waals surface area contributed by atoms with Crippen LogP contribution in [0.25, 0.3) is 0 Å². The molecule has 2 amide bonds. The number of Topliss-reactive ketones (excluding diaryl/α,β-unsaturated/α-hetero) is 1. The maximum absolute atomic E-state index is 11.8. The van der Waals surface area contributed by atoms with E-state index in [2.05, 4.69) is 5.32 Å². The lowest BCUT2D eigenvalue weighted by Crippen LogP contribution is -2.40. The molecule has 0 radical (unpaired) electrons. The minimum Gasteiger partial charge on any atom is -0.394 e. The number of ketones is 1. The summed E-state index contributed by atoms with van der Waals surface area (Å²) < 4.78 is 0. The Hall–Kier alpha value is -1.88. The highest BCUT2D eigenvalue weighted by molar-refractivity contribution is 5.95. The predicted octanol–water partition coefficient (Wildman–Crippen LogP) is 1.73. The highest BCUT2D eigenvalue weighted by Gasteiger charge is 2.14. The van der Waals surface area contributed by atoms with Gasteiger partial charge in [0.25, 0.3) is 0 Å². The van der Waals surface area contributed by atoms with Crippen molar-refractivity contribution in [2.24, 2.45) is 0 Å². The van der Waals surface area contributed by atoms with Gasteiger partial charge in [-0.05, 0) is 38.1 Å². The maximum atomic E-state index is 11.8. The first-order valence-electron chi connectivity index (χ1n) is 5.71. The van der Waals surface area contributed by atoms with E-state index in [4.69, 9.17) is 5.11 Å². The lowest BCUT2D eigenvalue weighted by Gasteiger charge is -2.23. The van der Waals surface area contributed by atoms with Crippen LogP contribution in [-0.2, 0) is 0 Å². The van der Waals surface area contributed by atoms with E-state index >= 15 is 0 Å². The molecule has 98 valence electrons. The summed E-state index contributed by atoms with van der Waals surface area (Å²) in [5.74, 6) is -0.0149. The largest absolute Gasteiger partial charge is 0.394 e. The number of carbonyl (C=O) groups excluding carboxylic acids is 2. The van der Waals surface area contributed by atoms with Crippen molar-refractivity contribution >= 4 is 17.5 Å². The minimum absolute atomic E-state index is 0.0149. The van der Waals surface area contributed by atoms with Crippen LogP contribution in [0.4, 0.5) is 10.5 Å². The van der Waals surface area contributed by atoms with Gasteiger partial charge in [0.2, 0.25) is 0 Å². The van der Waals surface area contributed by atoms with Gasteiger partial charge < -0.3 is 15.3 Å². The van der Waals surface area contributed by atoms with Crippen molar-refractivity contribution < 1.29 is 14.7 Å². The van der Waals surface area contributed by atoms with Gasteiger partial charge in [0.05, 0.1) is 12.6 Å². The van der Waals surface area contributed by atoms with Gasteiger partial charge in [0.15, 0.2) is 5.78 Å². The van der Waals surface area contributed by atoms with E-state index in [1.54, 1.807) is 38.2 Å². The number of nitrogens with one attached hydrogen (secondary N) is 1. The van der Waals surface area contributed by atoms with Crippen LogP contribution in [0.1, 0.15) is 24.2 Å². The number of benzene rings is 1. The molecule has 0 spiro atoms. The minimum atomic E-state index is -0.299. The molecule has 1 atom stereocenters. The molecule has 18 heavy (non-hydrogen) atoms. The Morgan fingerprint density at radius 3 is 2.33 bits per heavy atom. The fourth-order valence-corrected chi connectivity index (χ4v) is 1.32. The number of rotatable bonds is 4. The van der Waals surface area contributed by atoms with Crippen LogP contribution in [0.2, 0.25) is 0 Å². The summed E-state index contributed by atoms with van der Waals surface area (Å²) in [7, 11) is 1.61. The van der Waals surface area contributed by atoms with Crippen LogP contribution in [0.3, 0.4) is 0 Å². The van der Waals surface area contributed by atoms with Gasteiger partial charge in [-0.3, -0.25) is 4.79 Å². The van der Waals surface area contributed by atoms with Crippen molar-refractivity contribution in [1.29, 1.82) is 0 Å². The molecule has 1 rings (SSSR count). The Bertz CT molecular complexity index is 428. The third-order valence-corrected chi connectivity index (χ3v) is 2.79. The molecule has 2 N–H and O–H groups in total. The van der Waals surface area contributed by atoms with Crippen LogP contribution < -0.4 is 5.32 Å². The molecule has 1 aromatic rings. The van der Waals surface area contributed by atoms with Gasteiger partial charge in [-0.15, -0.1) is 0 Å². The quantitative estimate of drug-likeness (QED) is 0.800. The van der Waals surface area contributed by atoms with Crippen LogP contribution in [-0.4, -0.2) is 41.5 Å². The maximum Gasteiger partial charge on any atom is 0.321 e. The molecule has 1 unspecified atom stereocenters. The van der Waals surface area contributed by atoms with E-state index in [0.29, 0.717) is 11.3 Å². The van der Waals surface area contributed by atoms with Crippen LogP contribution in [0.5, 0.6) is 0 Å². The van der Waals surface area contributed by atoms with Crippen molar-refractivity contribution in [3.05, 3.63) is 29.8 Å². The molecule has 0 aromatic heterocycles. The molecule has 0 aliphatic heterocycles. The number of nitrogens with zero attached hydrogens (tertiary/aromatic N) is 1. The molecule has 0 fully saturated rings. The fourth-order valence-electron chi connectivity index (χ4n) is 1.32. The lowest BCUT2D eigenvalue weighted by atomic mass is 10.1. The lowest BCUT2D eigenvalue weighted by molar-refractivity contribution is 0.101. The van der Waals surface area contributed by atoms with Crippen molar-refractivity contribution in [2.75, 3.05) is 19.0 Å². The van der Waals surface area contributed by atoms with Crippen LogP contribution in [0, 0.1) is 0 Å². The molecule has 0 bridgehead atoms. The number of aliphatic hydroxyl groups is 1. The zero-order valence-electron chi connectivity index (χ0n) is 10.8. The number of amides is 2. The number of aliphatic hydroxyl groups excluding tert-OH is 1. The Morgan fingerprint density at radius 2 is 1.89 bits per heavy atom. The van der Waals surface area contributed by atoms with Gasteiger partial charge in [0, 0.05) is 18.3 Å². The van der Waals surface area contributed by atoms with Crippen LogP contribution in [0.15, 0.2) is 24.3 Å². The van der Waals surface area contributed by atoms with E-state index in [9.17, 15) is 9.59 Å². The molecule has 5 heteroatoms. The monoisotopic (exact) mass is 250 g/mol. The van der Waals surface area contributed by atoms with E-state index in [1.807, 2.05) is 0 Å². The first kappa shape index (κ1) is 14.2. The van der Waals surface area contributed by atoms with E-state index in [-0.39, 0.29) is 24.5 Å². The summed E-state index contributed by atoms with van der Waals surface area (Å²) in [6, 6.07) is 6.12. The molecular formula is C13H18N2O3. The molecular weight excluding hydrogens is 232 g/mol. The summed E-state index contributed by atoms with van der Waals surface area (Å²) in [6.07, 6.45) is 0. The number of hydrogen-bond donors (Lipinski definition) is 2. The van der Waals surface area contributed by atoms with Crippen LogP contribution >= 0.6 is 0 Å². The second kappa shape index (κ2) is 6.16. The van der Waals surface area contributed by atoms with Gasteiger partial charge in [-0.25, -0.2) is 4.79 Å². The predicted molar refractivity (Wildman–Crippen MR) is 69.8 cm³/mol. The molecule has 0 heterocycles. The average Bonchev–Trinajstić information content (AvgIpc) is 2.37. The number of hydrogen-bond acceptors (Lipinski definition) is 3.